The van der Waals surface area contributed by atoms with Gasteiger partial charge in [0.15, 0.2) is 11.5 Å². The van der Waals surface area contributed by atoms with Crippen LogP contribution in [-0.2, 0) is 0 Å². The number of methoxy groups -OCH3 is 1. The molecule has 2 rings (SSSR count). The van der Waals surface area contributed by atoms with Crippen molar-refractivity contribution in [1.29, 1.82) is 0 Å². The van der Waals surface area contributed by atoms with Crippen molar-refractivity contribution in [2.45, 2.75) is 37.9 Å². The highest BCUT2D eigenvalue weighted by Crippen LogP contribution is 2.34. The predicted octanol–water partition coefficient (Wildman–Crippen LogP) is 2.29. The first-order chi connectivity index (χ1) is 9.11. The monoisotopic (exact) mass is 267 g/mol. The van der Waals surface area contributed by atoms with Crippen molar-refractivity contribution in [3.63, 3.8) is 0 Å². The van der Waals surface area contributed by atoms with Crippen molar-refractivity contribution in [1.82, 2.24) is 0 Å². The van der Waals surface area contributed by atoms with Gasteiger partial charge >= 0.3 is 0 Å². The zero-order valence-electron chi connectivity index (χ0n) is 10.7. The summed E-state index contributed by atoms with van der Waals surface area (Å²) in [5, 5.41) is 20.6. The molecule has 1 saturated carbocycles. The van der Waals surface area contributed by atoms with E-state index in [9.17, 15) is 15.2 Å². The maximum atomic E-state index is 10.7. The van der Waals surface area contributed by atoms with Crippen LogP contribution >= 0.6 is 0 Å². The summed E-state index contributed by atoms with van der Waals surface area (Å²) in [7, 11) is 1.43. The summed E-state index contributed by atoms with van der Waals surface area (Å²) in [6.45, 7) is 0. The lowest BCUT2D eigenvalue weighted by molar-refractivity contribution is -0.385. The van der Waals surface area contributed by atoms with Crippen LogP contribution < -0.4 is 9.47 Å². The fourth-order valence-electron chi connectivity index (χ4n) is 2.25. The normalized spacial score (nSPS) is 22.8. The predicted molar refractivity (Wildman–Crippen MR) is 68.5 cm³/mol. The first kappa shape index (κ1) is 13.6. The molecule has 0 bridgehead atoms. The largest absolute Gasteiger partial charge is 0.493 e. The third-order valence-corrected chi connectivity index (χ3v) is 3.30. The van der Waals surface area contributed by atoms with Crippen molar-refractivity contribution < 1.29 is 19.5 Å². The molecule has 2 unspecified atom stereocenters. The molecule has 104 valence electrons. The van der Waals surface area contributed by atoms with Crippen LogP contribution in [0, 0.1) is 10.1 Å². The highest BCUT2D eigenvalue weighted by Gasteiger charge is 2.26. The van der Waals surface area contributed by atoms with Crippen molar-refractivity contribution >= 4 is 5.69 Å². The Morgan fingerprint density at radius 1 is 1.32 bits per heavy atom. The van der Waals surface area contributed by atoms with Crippen LogP contribution in [0.25, 0.3) is 0 Å². The third-order valence-electron chi connectivity index (χ3n) is 3.30. The summed E-state index contributed by atoms with van der Waals surface area (Å²) in [6, 6.07) is 4.20. The summed E-state index contributed by atoms with van der Waals surface area (Å²) in [5.41, 5.74) is -0.0478. The van der Waals surface area contributed by atoms with E-state index in [1.165, 1.54) is 25.3 Å². The fraction of sp³-hybridized carbons (Fsp3) is 0.538. The first-order valence-corrected chi connectivity index (χ1v) is 6.29. The molecule has 1 N–H and O–H groups in total. The van der Waals surface area contributed by atoms with E-state index in [4.69, 9.17) is 9.47 Å². The number of rotatable bonds is 4. The Labute approximate surface area is 111 Å². The Balaban J connectivity index is 2.17. The van der Waals surface area contributed by atoms with Crippen LogP contribution in [0.15, 0.2) is 18.2 Å². The van der Waals surface area contributed by atoms with Crippen molar-refractivity contribution in [2.24, 2.45) is 0 Å². The molecule has 6 heteroatoms. The molecule has 0 radical (unpaired) electrons. The van der Waals surface area contributed by atoms with Crippen molar-refractivity contribution in [2.75, 3.05) is 7.11 Å². The SMILES string of the molecule is COc1cc([N+](=O)[O-])ccc1OC1CCCCC1O. The summed E-state index contributed by atoms with van der Waals surface area (Å²) in [6.07, 6.45) is 2.74. The zero-order chi connectivity index (χ0) is 13.8. The number of ether oxygens (including phenoxy) is 2. The second-order valence-electron chi connectivity index (χ2n) is 4.60. The molecule has 19 heavy (non-hydrogen) atoms. The second-order valence-corrected chi connectivity index (χ2v) is 4.60. The number of nitrogens with zero attached hydrogens (tertiary/aromatic N) is 1. The second kappa shape index (κ2) is 5.88. The van der Waals surface area contributed by atoms with Gasteiger partial charge in [-0.05, 0) is 25.3 Å². The molecule has 0 spiro atoms. The number of hydrogen-bond donors (Lipinski definition) is 1. The molecule has 2 atom stereocenters. The lowest BCUT2D eigenvalue weighted by Crippen LogP contribution is -2.34. The molecular weight excluding hydrogens is 250 g/mol. The molecule has 1 aromatic rings. The zero-order valence-corrected chi connectivity index (χ0v) is 10.7. The number of hydrogen-bond acceptors (Lipinski definition) is 5. The van der Waals surface area contributed by atoms with E-state index in [0.29, 0.717) is 11.5 Å². The van der Waals surface area contributed by atoms with Crippen LogP contribution in [0.1, 0.15) is 25.7 Å². The minimum atomic E-state index is -0.492. The molecule has 0 saturated heterocycles. The third kappa shape index (κ3) is 3.14. The van der Waals surface area contributed by atoms with E-state index in [1.807, 2.05) is 0 Å². The molecular formula is C13H17NO5. The lowest BCUT2D eigenvalue weighted by Gasteiger charge is -2.28. The van der Waals surface area contributed by atoms with Crippen LogP contribution in [0.4, 0.5) is 5.69 Å². The first-order valence-electron chi connectivity index (χ1n) is 6.29. The number of aliphatic hydroxyl groups excluding tert-OH is 1. The van der Waals surface area contributed by atoms with E-state index in [2.05, 4.69) is 0 Å². The summed E-state index contributed by atoms with van der Waals surface area (Å²) >= 11 is 0. The van der Waals surface area contributed by atoms with Crippen molar-refractivity contribution in [3.05, 3.63) is 28.3 Å². The summed E-state index contributed by atoms with van der Waals surface area (Å²) in [4.78, 5) is 10.2. The Bertz CT molecular complexity index is 462. The fourth-order valence-corrected chi connectivity index (χ4v) is 2.25. The van der Waals surface area contributed by atoms with E-state index >= 15 is 0 Å². The number of nitro benzene ring substituents is 1. The van der Waals surface area contributed by atoms with Gasteiger partial charge in [-0.2, -0.15) is 0 Å². The highest BCUT2D eigenvalue weighted by molar-refractivity contribution is 5.48. The van der Waals surface area contributed by atoms with Gasteiger partial charge in [-0.25, -0.2) is 0 Å². The standard InChI is InChI=1S/C13H17NO5/c1-18-13-8-9(14(16)17)6-7-12(13)19-11-5-3-2-4-10(11)15/h6-8,10-11,15H,2-5H2,1H3. The van der Waals surface area contributed by atoms with Crippen molar-refractivity contribution in [3.8, 4) is 11.5 Å². The highest BCUT2D eigenvalue weighted by atomic mass is 16.6. The maximum Gasteiger partial charge on any atom is 0.273 e. The smallest absolute Gasteiger partial charge is 0.273 e. The molecule has 1 aliphatic carbocycles. The molecule has 0 amide bonds. The minimum absolute atomic E-state index is 0.0478. The Morgan fingerprint density at radius 2 is 2.05 bits per heavy atom. The average Bonchev–Trinajstić information content (AvgIpc) is 2.41. The summed E-state index contributed by atoms with van der Waals surface area (Å²) in [5.74, 6) is 0.742. The van der Waals surface area contributed by atoms with Gasteiger partial charge in [0, 0.05) is 6.07 Å². The molecule has 6 nitrogen and oxygen atoms in total. The quantitative estimate of drug-likeness (QED) is 0.668. The number of aliphatic hydroxyl groups is 1. The van der Waals surface area contributed by atoms with Gasteiger partial charge in [-0.3, -0.25) is 10.1 Å². The minimum Gasteiger partial charge on any atom is -0.493 e. The molecule has 0 aromatic heterocycles. The van der Waals surface area contributed by atoms with Crippen LogP contribution in [0.2, 0.25) is 0 Å². The van der Waals surface area contributed by atoms with Crippen LogP contribution in [0.3, 0.4) is 0 Å². The molecule has 1 aliphatic rings. The van der Waals surface area contributed by atoms with Gasteiger partial charge in [0.2, 0.25) is 0 Å². The molecule has 1 fully saturated rings. The Morgan fingerprint density at radius 3 is 2.68 bits per heavy atom. The topological polar surface area (TPSA) is 81.8 Å². The Kier molecular flexibility index (Phi) is 4.21. The van der Waals surface area contributed by atoms with Gasteiger partial charge in [0.1, 0.15) is 6.10 Å². The molecule has 0 heterocycles. The maximum absolute atomic E-state index is 10.7. The van der Waals surface area contributed by atoms with E-state index in [-0.39, 0.29) is 11.8 Å². The summed E-state index contributed by atoms with van der Waals surface area (Å²) < 4.78 is 10.8. The molecule has 0 aliphatic heterocycles. The van der Waals surface area contributed by atoms with Gasteiger partial charge in [0.05, 0.1) is 24.2 Å². The number of benzene rings is 1. The average molecular weight is 267 g/mol. The Hall–Kier alpha value is -1.82. The van der Waals surface area contributed by atoms with Gasteiger partial charge < -0.3 is 14.6 Å². The molecule has 1 aromatic carbocycles. The van der Waals surface area contributed by atoms with Crippen LogP contribution in [0.5, 0.6) is 11.5 Å². The number of non-ortho nitro benzene ring substituents is 1. The van der Waals surface area contributed by atoms with E-state index < -0.39 is 11.0 Å². The van der Waals surface area contributed by atoms with E-state index in [0.717, 1.165) is 25.7 Å². The van der Waals surface area contributed by atoms with E-state index in [1.54, 1.807) is 0 Å². The lowest BCUT2D eigenvalue weighted by atomic mass is 9.95. The van der Waals surface area contributed by atoms with Crippen LogP contribution in [-0.4, -0.2) is 29.3 Å². The van der Waals surface area contributed by atoms with Gasteiger partial charge in [0.25, 0.3) is 5.69 Å². The van der Waals surface area contributed by atoms with Gasteiger partial charge in [-0.15, -0.1) is 0 Å². The van der Waals surface area contributed by atoms with Gasteiger partial charge in [-0.1, -0.05) is 6.42 Å². The number of nitro groups is 1.